The van der Waals surface area contributed by atoms with E-state index in [9.17, 15) is 9.50 Å². The number of aliphatic hydroxyl groups excluding tert-OH is 1. The molecule has 0 aliphatic carbocycles. The number of benzene rings is 2. The molecule has 0 saturated heterocycles. The first-order valence-corrected chi connectivity index (χ1v) is 7.20. The minimum atomic E-state index is -1.23. The van der Waals surface area contributed by atoms with Gasteiger partial charge in [0.25, 0.3) is 0 Å². The Bertz CT molecular complexity index is 643. The lowest BCUT2D eigenvalue weighted by molar-refractivity contribution is 0.213. The molecular weight excluding hydrogens is 363 g/mol. The third-order valence-corrected chi connectivity index (χ3v) is 4.09. The molecule has 0 radical (unpaired) electrons. The quantitative estimate of drug-likeness (QED) is 0.864. The van der Waals surface area contributed by atoms with E-state index in [0.717, 1.165) is 0 Å². The molecule has 21 heavy (non-hydrogen) atoms. The Labute approximate surface area is 135 Å². The Morgan fingerprint density at radius 2 is 1.81 bits per heavy atom. The van der Waals surface area contributed by atoms with E-state index in [-0.39, 0.29) is 10.6 Å². The van der Waals surface area contributed by atoms with E-state index in [1.165, 1.54) is 32.4 Å². The van der Waals surface area contributed by atoms with Gasteiger partial charge in [0, 0.05) is 20.6 Å². The van der Waals surface area contributed by atoms with E-state index < -0.39 is 11.9 Å². The van der Waals surface area contributed by atoms with Crippen molar-refractivity contribution in [1.29, 1.82) is 0 Å². The van der Waals surface area contributed by atoms with Gasteiger partial charge in [0.2, 0.25) is 0 Å². The average molecular weight is 376 g/mol. The number of aliphatic hydroxyl groups is 1. The molecule has 3 nitrogen and oxygen atoms in total. The molecule has 0 aliphatic rings. The molecule has 112 valence electrons. The number of methoxy groups -OCH3 is 2. The predicted molar refractivity (Wildman–Crippen MR) is 82.7 cm³/mol. The van der Waals surface area contributed by atoms with Crippen LogP contribution in [0.15, 0.2) is 34.8 Å². The van der Waals surface area contributed by atoms with Gasteiger partial charge in [0.1, 0.15) is 11.9 Å². The van der Waals surface area contributed by atoms with Crippen LogP contribution in [0.5, 0.6) is 11.5 Å². The van der Waals surface area contributed by atoms with Crippen molar-refractivity contribution >= 4 is 27.5 Å². The molecule has 2 aromatic carbocycles. The van der Waals surface area contributed by atoms with Crippen LogP contribution in [0, 0.1) is 5.82 Å². The van der Waals surface area contributed by atoms with Crippen molar-refractivity contribution in [2.45, 2.75) is 6.10 Å². The Kier molecular flexibility index (Phi) is 5.08. The summed E-state index contributed by atoms with van der Waals surface area (Å²) in [5.41, 5.74) is 0.451. The third-order valence-electron chi connectivity index (χ3n) is 3.07. The molecule has 1 unspecified atom stereocenters. The van der Waals surface area contributed by atoms with Crippen molar-refractivity contribution < 1.29 is 19.0 Å². The van der Waals surface area contributed by atoms with Crippen LogP contribution in [0.1, 0.15) is 17.2 Å². The first-order chi connectivity index (χ1) is 9.99. The Morgan fingerprint density at radius 1 is 1.19 bits per heavy atom. The van der Waals surface area contributed by atoms with Crippen molar-refractivity contribution in [1.82, 2.24) is 0 Å². The highest BCUT2D eigenvalue weighted by molar-refractivity contribution is 9.10. The zero-order valence-electron chi connectivity index (χ0n) is 11.4. The topological polar surface area (TPSA) is 38.7 Å². The molecule has 0 amide bonds. The standard InChI is InChI=1S/C15H13BrClFO3/c1-20-12-6-8(9(16)7-13(12)21-2)15(19)14-10(17)4-3-5-11(14)18/h3-7,15,19H,1-2H3. The van der Waals surface area contributed by atoms with Crippen LogP contribution < -0.4 is 9.47 Å². The molecule has 6 heteroatoms. The van der Waals surface area contributed by atoms with Crippen molar-refractivity contribution in [3.63, 3.8) is 0 Å². The first kappa shape index (κ1) is 16.1. The van der Waals surface area contributed by atoms with E-state index >= 15 is 0 Å². The first-order valence-electron chi connectivity index (χ1n) is 6.03. The number of rotatable bonds is 4. The fourth-order valence-corrected chi connectivity index (χ4v) is 2.81. The maximum atomic E-state index is 13.9. The van der Waals surface area contributed by atoms with Gasteiger partial charge in [-0.1, -0.05) is 33.6 Å². The predicted octanol–water partition coefficient (Wildman–Crippen LogP) is 4.34. The van der Waals surface area contributed by atoms with E-state index in [0.29, 0.717) is 21.5 Å². The number of hydrogen-bond donors (Lipinski definition) is 1. The van der Waals surface area contributed by atoms with E-state index in [2.05, 4.69) is 15.9 Å². The van der Waals surface area contributed by atoms with Gasteiger partial charge < -0.3 is 14.6 Å². The van der Waals surface area contributed by atoms with Crippen molar-refractivity contribution in [2.24, 2.45) is 0 Å². The summed E-state index contributed by atoms with van der Waals surface area (Å²) in [5, 5.41) is 10.6. The average Bonchev–Trinajstić information content (AvgIpc) is 2.46. The molecule has 2 rings (SSSR count). The summed E-state index contributed by atoms with van der Waals surface area (Å²) in [7, 11) is 2.99. The minimum absolute atomic E-state index is 0.0205. The maximum absolute atomic E-state index is 13.9. The number of hydrogen-bond acceptors (Lipinski definition) is 3. The zero-order valence-corrected chi connectivity index (χ0v) is 13.7. The largest absolute Gasteiger partial charge is 0.493 e. The van der Waals surface area contributed by atoms with Crippen LogP contribution in [0.4, 0.5) is 4.39 Å². The van der Waals surface area contributed by atoms with E-state index in [1.54, 1.807) is 12.1 Å². The molecule has 0 spiro atoms. The van der Waals surface area contributed by atoms with Gasteiger partial charge in [-0.05, 0) is 24.3 Å². The smallest absolute Gasteiger partial charge is 0.161 e. The van der Waals surface area contributed by atoms with Crippen molar-refractivity contribution in [3.05, 3.63) is 56.8 Å². The second-order valence-electron chi connectivity index (χ2n) is 4.27. The Morgan fingerprint density at radius 3 is 2.38 bits per heavy atom. The van der Waals surface area contributed by atoms with Crippen LogP contribution in [-0.2, 0) is 0 Å². The summed E-state index contributed by atoms with van der Waals surface area (Å²) in [6, 6.07) is 7.48. The number of halogens is 3. The molecular formula is C15H13BrClFO3. The molecule has 0 bridgehead atoms. The number of ether oxygens (including phenoxy) is 2. The molecule has 0 heterocycles. The summed E-state index contributed by atoms with van der Waals surface area (Å²) in [5.74, 6) is 0.360. The van der Waals surface area contributed by atoms with Crippen LogP contribution in [0.3, 0.4) is 0 Å². The fraction of sp³-hybridized carbons (Fsp3) is 0.200. The summed E-state index contributed by atoms with van der Waals surface area (Å²) < 4.78 is 24.9. The molecule has 0 fully saturated rings. The van der Waals surface area contributed by atoms with Crippen LogP contribution >= 0.6 is 27.5 Å². The van der Waals surface area contributed by atoms with Crippen LogP contribution in [0.25, 0.3) is 0 Å². The summed E-state index contributed by atoms with van der Waals surface area (Å²) >= 11 is 9.32. The Hall–Kier alpha value is -1.30. The molecule has 2 aromatic rings. The van der Waals surface area contributed by atoms with E-state index in [4.69, 9.17) is 21.1 Å². The third kappa shape index (κ3) is 3.15. The molecule has 0 aliphatic heterocycles. The molecule has 0 saturated carbocycles. The summed E-state index contributed by atoms with van der Waals surface area (Å²) in [4.78, 5) is 0. The zero-order chi connectivity index (χ0) is 15.6. The maximum Gasteiger partial charge on any atom is 0.161 e. The minimum Gasteiger partial charge on any atom is -0.493 e. The highest BCUT2D eigenvalue weighted by Crippen LogP contribution is 2.39. The van der Waals surface area contributed by atoms with Crippen LogP contribution in [0.2, 0.25) is 5.02 Å². The molecule has 0 aromatic heterocycles. The lowest BCUT2D eigenvalue weighted by atomic mass is 10.0. The van der Waals surface area contributed by atoms with Gasteiger partial charge in [-0.25, -0.2) is 4.39 Å². The van der Waals surface area contributed by atoms with Crippen LogP contribution in [-0.4, -0.2) is 19.3 Å². The van der Waals surface area contributed by atoms with E-state index in [1.807, 2.05) is 0 Å². The second kappa shape index (κ2) is 6.64. The SMILES string of the molecule is COc1cc(Br)c(C(O)c2c(F)cccc2Cl)cc1OC. The summed E-state index contributed by atoms with van der Waals surface area (Å²) in [6.45, 7) is 0. The lowest BCUT2D eigenvalue weighted by Gasteiger charge is -2.18. The van der Waals surface area contributed by atoms with Gasteiger partial charge in [-0.15, -0.1) is 0 Å². The second-order valence-corrected chi connectivity index (χ2v) is 5.53. The normalized spacial score (nSPS) is 12.1. The van der Waals surface area contributed by atoms with Gasteiger partial charge in [-0.2, -0.15) is 0 Å². The van der Waals surface area contributed by atoms with Crippen molar-refractivity contribution in [2.75, 3.05) is 14.2 Å². The Balaban J connectivity index is 2.56. The molecule has 1 atom stereocenters. The monoisotopic (exact) mass is 374 g/mol. The lowest BCUT2D eigenvalue weighted by Crippen LogP contribution is -2.05. The van der Waals surface area contributed by atoms with Crippen molar-refractivity contribution in [3.8, 4) is 11.5 Å². The van der Waals surface area contributed by atoms with Gasteiger partial charge in [0.15, 0.2) is 11.5 Å². The summed E-state index contributed by atoms with van der Waals surface area (Å²) in [6.07, 6.45) is -1.23. The fourth-order valence-electron chi connectivity index (χ4n) is 2.01. The van der Waals surface area contributed by atoms with Gasteiger partial charge >= 0.3 is 0 Å². The molecule has 1 N–H and O–H groups in total. The van der Waals surface area contributed by atoms with Gasteiger partial charge in [0.05, 0.1) is 14.2 Å². The van der Waals surface area contributed by atoms with Gasteiger partial charge in [-0.3, -0.25) is 0 Å². The highest BCUT2D eigenvalue weighted by Gasteiger charge is 2.22. The highest BCUT2D eigenvalue weighted by atomic mass is 79.9.